The highest BCUT2D eigenvalue weighted by molar-refractivity contribution is 5.95. The molecule has 19 heavy (non-hydrogen) atoms. The molecular weight excluding hydrogens is 242 g/mol. The van der Waals surface area contributed by atoms with Gasteiger partial charge in [-0.15, -0.1) is 0 Å². The summed E-state index contributed by atoms with van der Waals surface area (Å²) in [4.78, 5) is 11.2. The Bertz CT molecular complexity index is 608. The molecule has 0 heterocycles. The van der Waals surface area contributed by atoms with E-state index in [-0.39, 0.29) is 5.56 Å². The number of aryl methyl sites for hydroxylation is 1. The number of carbonyl (C=O) groups is 1. The molecule has 2 N–H and O–H groups in total. The normalized spacial score (nSPS) is 10.0. The fourth-order valence-corrected chi connectivity index (χ4v) is 1.80. The molecule has 0 amide bonds. The summed E-state index contributed by atoms with van der Waals surface area (Å²) in [5.74, 6) is -0.233. The quantitative estimate of drug-likeness (QED) is 0.880. The predicted octanol–water partition coefficient (Wildman–Crippen LogP) is 3.45. The molecule has 2 aromatic rings. The molecule has 98 valence electrons. The summed E-state index contributed by atoms with van der Waals surface area (Å²) in [7, 11) is 1.59. The number of rotatable bonds is 4. The molecule has 0 aliphatic rings. The summed E-state index contributed by atoms with van der Waals surface area (Å²) in [6.45, 7) is 1.86. The Labute approximate surface area is 111 Å². The number of aromatic carboxylic acids is 1. The van der Waals surface area contributed by atoms with Gasteiger partial charge in [-0.3, -0.25) is 0 Å². The summed E-state index contributed by atoms with van der Waals surface area (Å²) in [6.07, 6.45) is 0. The van der Waals surface area contributed by atoms with E-state index in [2.05, 4.69) is 5.32 Å². The summed E-state index contributed by atoms with van der Waals surface area (Å²) in [5, 5.41) is 12.3. The Balaban J connectivity index is 2.34. The fraction of sp³-hybridized carbons (Fsp3) is 0.133. The largest absolute Gasteiger partial charge is 0.497 e. The van der Waals surface area contributed by atoms with Crippen molar-refractivity contribution in [2.24, 2.45) is 0 Å². The summed E-state index contributed by atoms with van der Waals surface area (Å²) in [5.41, 5.74) is 2.51. The van der Waals surface area contributed by atoms with Crippen molar-refractivity contribution in [2.75, 3.05) is 12.4 Å². The van der Waals surface area contributed by atoms with E-state index in [1.54, 1.807) is 19.2 Å². The maximum Gasteiger partial charge on any atom is 0.337 e. The minimum atomic E-state index is -0.950. The molecule has 0 saturated carbocycles. The molecule has 0 aliphatic carbocycles. The van der Waals surface area contributed by atoms with Gasteiger partial charge in [-0.2, -0.15) is 0 Å². The van der Waals surface area contributed by atoms with Gasteiger partial charge in [-0.25, -0.2) is 4.79 Å². The molecule has 0 aliphatic heterocycles. The molecule has 2 aromatic carbocycles. The number of anilines is 2. The van der Waals surface area contributed by atoms with Gasteiger partial charge in [0.25, 0.3) is 0 Å². The Kier molecular flexibility index (Phi) is 3.71. The van der Waals surface area contributed by atoms with Crippen LogP contribution < -0.4 is 10.1 Å². The zero-order valence-electron chi connectivity index (χ0n) is 10.8. The average Bonchev–Trinajstić information content (AvgIpc) is 2.41. The van der Waals surface area contributed by atoms with E-state index in [4.69, 9.17) is 4.74 Å². The molecule has 4 heteroatoms. The monoisotopic (exact) mass is 257 g/mol. The first-order valence-electron chi connectivity index (χ1n) is 5.85. The van der Waals surface area contributed by atoms with Gasteiger partial charge in [0.05, 0.1) is 18.4 Å². The summed E-state index contributed by atoms with van der Waals surface area (Å²) < 4.78 is 5.13. The van der Waals surface area contributed by atoms with Crippen molar-refractivity contribution in [1.29, 1.82) is 0 Å². The minimum Gasteiger partial charge on any atom is -0.497 e. The zero-order chi connectivity index (χ0) is 13.8. The summed E-state index contributed by atoms with van der Waals surface area (Å²) >= 11 is 0. The van der Waals surface area contributed by atoms with Crippen LogP contribution in [0.25, 0.3) is 0 Å². The van der Waals surface area contributed by atoms with Gasteiger partial charge in [-0.1, -0.05) is 17.7 Å². The summed E-state index contributed by atoms with van der Waals surface area (Å²) in [6, 6.07) is 12.6. The average molecular weight is 257 g/mol. The number of methoxy groups -OCH3 is 1. The van der Waals surface area contributed by atoms with E-state index in [0.717, 1.165) is 11.3 Å². The Morgan fingerprint density at radius 2 is 2.00 bits per heavy atom. The fourth-order valence-electron chi connectivity index (χ4n) is 1.80. The van der Waals surface area contributed by atoms with Crippen LogP contribution in [0.4, 0.5) is 11.4 Å². The third-order valence-corrected chi connectivity index (χ3v) is 2.75. The SMILES string of the molecule is COc1cccc(Nc2ccc(C)cc2C(=O)O)c1. The van der Waals surface area contributed by atoms with Crippen molar-refractivity contribution in [3.63, 3.8) is 0 Å². The highest BCUT2D eigenvalue weighted by Gasteiger charge is 2.10. The number of benzene rings is 2. The van der Waals surface area contributed by atoms with Crippen LogP contribution in [0.2, 0.25) is 0 Å². The third kappa shape index (κ3) is 3.04. The van der Waals surface area contributed by atoms with Gasteiger partial charge in [-0.05, 0) is 31.2 Å². The lowest BCUT2D eigenvalue weighted by molar-refractivity contribution is 0.0698. The molecule has 2 rings (SSSR count). The molecule has 0 unspecified atom stereocenters. The van der Waals surface area contributed by atoms with E-state index >= 15 is 0 Å². The van der Waals surface area contributed by atoms with Crippen LogP contribution in [0.1, 0.15) is 15.9 Å². The number of nitrogens with one attached hydrogen (secondary N) is 1. The highest BCUT2D eigenvalue weighted by atomic mass is 16.5. The Morgan fingerprint density at radius 1 is 1.21 bits per heavy atom. The molecule has 0 fully saturated rings. The maximum atomic E-state index is 11.2. The lowest BCUT2D eigenvalue weighted by atomic mass is 10.1. The molecule has 0 radical (unpaired) electrons. The third-order valence-electron chi connectivity index (χ3n) is 2.75. The van der Waals surface area contributed by atoms with E-state index in [1.807, 2.05) is 37.3 Å². The smallest absolute Gasteiger partial charge is 0.337 e. The van der Waals surface area contributed by atoms with Gasteiger partial charge < -0.3 is 15.2 Å². The van der Waals surface area contributed by atoms with Crippen LogP contribution in [-0.2, 0) is 0 Å². The first-order valence-corrected chi connectivity index (χ1v) is 5.85. The first kappa shape index (κ1) is 13.0. The molecular formula is C15H15NO3. The van der Waals surface area contributed by atoms with Gasteiger partial charge in [0.2, 0.25) is 0 Å². The van der Waals surface area contributed by atoms with E-state index in [1.165, 1.54) is 0 Å². The first-order chi connectivity index (χ1) is 9.10. The van der Waals surface area contributed by atoms with Crippen molar-refractivity contribution in [2.45, 2.75) is 6.92 Å². The molecule has 0 aromatic heterocycles. The van der Waals surface area contributed by atoms with Crippen molar-refractivity contribution in [3.8, 4) is 5.75 Å². The second kappa shape index (κ2) is 5.44. The second-order valence-electron chi connectivity index (χ2n) is 4.21. The van der Waals surface area contributed by atoms with Crippen molar-refractivity contribution >= 4 is 17.3 Å². The number of hydrogen-bond donors (Lipinski definition) is 2. The van der Waals surface area contributed by atoms with Gasteiger partial charge in [0.15, 0.2) is 0 Å². The van der Waals surface area contributed by atoms with Crippen LogP contribution in [0.5, 0.6) is 5.75 Å². The lowest BCUT2D eigenvalue weighted by Crippen LogP contribution is -2.03. The lowest BCUT2D eigenvalue weighted by Gasteiger charge is -2.11. The van der Waals surface area contributed by atoms with E-state index in [9.17, 15) is 9.90 Å². The molecule has 0 atom stereocenters. The van der Waals surface area contributed by atoms with E-state index in [0.29, 0.717) is 11.4 Å². The second-order valence-corrected chi connectivity index (χ2v) is 4.21. The number of carboxylic acid groups (broad SMARTS) is 1. The predicted molar refractivity (Wildman–Crippen MR) is 74.4 cm³/mol. The van der Waals surface area contributed by atoms with Gasteiger partial charge in [0, 0.05) is 11.8 Å². The van der Waals surface area contributed by atoms with Crippen LogP contribution in [0.15, 0.2) is 42.5 Å². The van der Waals surface area contributed by atoms with Gasteiger partial charge in [0.1, 0.15) is 5.75 Å². The molecule has 0 bridgehead atoms. The highest BCUT2D eigenvalue weighted by Crippen LogP contribution is 2.24. The topological polar surface area (TPSA) is 58.6 Å². The van der Waals surface area contributed by atoms with Crippen molar-refractivity contribution in [3.05, 3.63) is 53.6 Å². The molecule has 0 spiro atoms. The van der Waals surface area contributed by atoms with Crippen LogP contribution in [-0.4, -0.2) is 18.2 Å². The minimum absolute atomic E-state index is 0.253. The standard InChI is InChI=1S/C15H15NO3/c1-10-6-7-14(13(8-10)15(17)18)16-11-4-3-5-12(9-11)19-2/h3-9,16H,1-2H3,(H,17,18). The molecule has 0 saturated heterocycles. The number of hydrogen-bond acceptors (Lipinski definition) is 3. The maximum absolute atomic E-state index is 11.2. The van der Waals surface area contributed by atoms with E-state index < -0.39 is 5.97 Å². The van der Waals surface area contributed by atoms with Gasteiger partial charge >= 0.3 is 5.97 Å². The van der Waals surface area contributed by atoms with Crippen LogP contribution >= 0.6 is 0 Å². The Morgan fingerprint density at radius 3 is 2.68 bits per heavy atom. The zero-order valence-corrected chi connectivity index (χ0v) is 10.8. The number of carboxylic acids is 1. The Hall–Kier alpha value is -2.49. The molecule has 4 nitrogen and oxygen atoms in total. The number of ether oxygens (including phenoxy) is 1. The van der Waals surface area contributed by atoms with Crippen LogP contribution in [0.3, 0.4) is 0 Å². The van der Waals surface area contributed by atoms with Crippen molar-refractivity contribution in [1.82, 2.24) is 0 Å². The van der Waals surface area contributed by atoms with Crippen LogP contribution in [0, 0.1) is 6.92 Å². The van der Waals surface area contributed by atoms with Crippen molar-refractivity contribution < 1.29 is 14.6 Å².